The Kier molecular flexibility index (Phi) is 4.79. The summed E-state index contributed by atoms with van der Waals surface area (Å²) in [5.41, 5.74) is -0.396. The lowest BCUT2D eigenvalue weighted by molar-refractivity contribution is 0.0586. The number of rotatable bonds is 3. The van der Waals surface area contributed by atoms with Crippen molar-refractivity contribution in [1.29, 1.82) is 0 Å². The zero-order chi connectivity index (χ0) is 12.3. The summed E-state index contributed by atoms with van der Waals surface area (Å²) in [4.78, 5) is 15.0. The van der Waals surface area contributed by atoms with E-state index >= 15 is 0 Å². The topological polar surface area (TPSA) is 39.2 Å². The van der Waals surface area contributed by atoms with Gasteiger partial charge in [-0.2, -0.15) is 0 Å². The molecule has 0 aliphatic heterocycles. The number of pyridine rings is 1. The smallest absolute Gasteiger partial charge is 0.341 e. The molecule has 0 aliphatic carbocycles. The van der Waals surface area contributed by atoms with Crippen molar-refractivity contribution in [3.05, 3.63) is 27.5 Å². The third-order valence-corrected chi connectivity index (χ3v) is 2.99. The Morgan fingerprint density at radius 1 is 1.62 bits per heavy atom. The fourth-order valence-electron chi connectivity index (χ4n) is 1.11. The maximum atomic E-state index is 12.7. The van der Waals surface area contributed by atoms with Gasteiger partial charge in [0.1, 0.15) is 11.3 Å². The third kappa shape index (κ3) is 2.76. The van der Waals surface area contributed by atoms with E-state index in [0.29, 0.717) is 11.0 Å². The summed E-state index contributed by atoms with van der Waals surface area (Å²) < 4.78 is 30.1. The Bertz CT molecular complexity index is 413. The molecule has 0 spiro atoms. The number of halogens is 4. The maximum absolute atomic E-state index is 12.7. The molecule has 0 unspecified atom stereocenters. The van der Waals surface area contributed by atoms with Gasteiger partial charge in [-0.1, -0.05) is 15.9 Å². The largest absolute Gasteiger partial charge is 0.465 e. The van der Waals surface area contributed by atoms with Crippen LogP contribution in [0, 0.1) is 0 Å². The molecule has 0 aliphatic rings. The van der Waals surface area contributed by atoms with Gasteiger partial charge in [0, 0.05) is 9.80 Å². The van der Waals surface area contributed by atoms with Crippen LogP contribution in [0.2, 0.25) is 0 Å². The first-order chi connectivity index (χ1) is 7.51. The summed E-state index contributed by atoms with van der Waals surface area (Å²) in [5.74, 6) is -0.837. The lowest BCUT2D eigenvalue weighted by atomic mass is 10.2. The quantitative estimate of drug-likeness (QED) is 0.613. The number of carbonyl (C=O) groups excluding carboxylic acids is 1. The minimum absolute atomic E-state index is 0.234. The molecule has 0 N–H and O–H groups in total. The average Bonchev–Trinajstić information content (AvgIpc) is 2.26. The second kappa shape index (κ2) is 5.67. The van der Waals surface area contributed by atoms with Crippen LogP contribution in [0.15, 0.2) is 10.5 Å². The Hall–Kier alpha value is -0.560. The normalized spacial score (nSPS) is 10.6. The monoisotopic (exact) mass is 357 g/mol. The van der Waals surface area contributed by atoms with Crippen LogP contribution in [-0.2, 0) is 10.1 Å². The highest BCUT2D eigenvalue weighted by molar-refractivity contribution is 9.10. The molecule has 7 heteroatoms. The number of carbonyl (C=O) groups is 1. The lowest BCUT2D eigenvalue weighted by Gasteiger charge is -2.10. The summed E-state index contributed by atoms with van der Waals surface area (Å²) in [6, 6.07) is 1.49. The molecule has 0 saturated carbocycles. The first-order valence-corrected chi connectivity index (χ1v) is 6.04. The van der Waals surface area contributed by atoms with E-state index in [0.717, 1.165) is 7.11 Å². The van der Waals surface area contributed by atoms with Gasteiger partial charge in [-0.05, 0) is 22.0 Å². The average molecular weight is 359 g/mol. The number of esters is 1. The van der Waals surface area contributed by atoms with Crippen molar-refractivity contribution in [3.63, 3.8) is 0 Å². The molecule has 1 aromatic heterocycles. The van der Waals surface area contributed by atoms with E-state index < -0.39 is 18.1 Å². The van der Waals surface area contributed by atoms with Gasteiger partial charge in [0.2, 0.25) is 0 Å². The molecule has 0 radical (unpaired) electrons. The minimum Gasteiger partial charge on any atom is -0.465 e. The fourth-order valence-corrected chi connectivity index (χ4v) is 2.03. The van der Waals surface area contributed by atoms with Crippen LogP contribution in [-0.4, -0.2) is 18.1 Å². The SMILES string of the molecule is COC(=O)c1c(Br)cc(CBr)nc1C(F)F. The lowest BCUT2D eigenvalue weighted by Crippen LogP contribution is -2.10. The van der Waals surface area contributed by atoms with Gasteiger partial charge in [-0.15, -0.1) is 0 Å². The van der Waals surface area contributed by atoms with Crippen LogP contribution in [0.4, 0.5) is 8.78 Å². The minimum atomic E-state index is -2.83. The summed E-state index contributed by atoms with van der Waals surface area (Å²) in [6.07, 6.45) is -2.83. The molecule has 1 rings (SSSR count). The van der Waals surface area contributed by atoms with Crippen LogP contribution in [0.3, 0.4) is 0 Å². The molecule has 0 saturated heterocycles. The number of methoxy groups -OCH3 is 1. The van der Waals surface area contributed by atoms with E-state index in [1.807, 2.05) is 0 Å². The van der Waals surface area contributed by atoms with Gasteiger partial charge >= 0.3 is 5.97 Å². The van der Waals surface area contributed by atoms with Gasteiger partial charge in [-0.3, -0.25) is 0 Å². The molecular formula is C9H7Br2F2NO2. The summed E-state index contributed by atoms with van der Waals surface area (Å²) in [6.45, 7) is 0. The molecule has 88 valence electrons. The summed E-state index contributed by atoms with van der Waals surface area (Å²) in [7, 11) is 1.13. The summed E-state index contributed by atoms with van der Waals surface area (Å²) in [5, 5.41) is 0.326. The Balaban J connectivity index is 3.39. The van der Waals surface area contributed by atoms with Gasteiger partial charge in [0.15, 0.2) is 0 Å². The number of nitrogens with zero attached hydrogens (tertiary/aromatic N) is 1. The Morgan fingerprint density at radius 2 is 2.25 bits per heavy atom. The van der Waals surface area contributed by atoms with Crippen molar-refractivity contribution in [3.8, 4) is 0 Å². The van der Waals surface area contributed by atoms with Crippen molar-refractivity contribution in [2.24, 2.45) is 0 Å². The van der Waals surface area contributed by atoms with Crippen LogP contribution >= 0.6 is 31.9 Å². The molecule has 1 aromatic rings. The van der Waals surface area contributed by atoms with Crippen molar-refractivity contribution in [2.45, 2.75) is 11.8 Å². The van der Waals surface area contributed by atoms with Crippen molar-refractivity contribution >= 4 is 37.8 Å². The van der Waals surface area contributed by atoms with E-state index in [1.54, 1.807) is 0 Å². The molecule has 0 amide bonds. The van der Waals surface area contributed by atoms with E-state index in [2.05, 4.69) is 41.6 Å². The molecule has 3 nitrogen and oxygen atoms in total. The van der Waals surface area contributed by atoms with Crippen molar-refractivity contribution < 1.29 is 18.3 Å². The number of alkyl halides is 3. The van der Waals surface area contributed by atoms with E-state index in [4.69, 9.17) is 0 Å². The van der Waals surface area contributed by atoms with Crippen LogP contribution in [0.5, 0.6) is 0 Å². The fraction of sp³-hybridized carbons (Fsp3) is 0.333. The Labute approximate surface area is 107 Å². The first kappa shape index (κ1) is 13.5. The van der Waals surface area contributed by atoms with Crippen LogP contribution < -0.4 is 0 Å². The molecule has 0 atom stereocenters. The molecule has 0 fully saturated rings. The second-order valence-corrected chi connectivity index (χ2v) is 4.20. The predicted octanol–water partition coefficient (Wildman–Crippen LogP) is 3.46. The van der Waals surface area contributed by atoms with E-state index in [-0.39, 0.29) is 10.0 Å². The van der Waals surface area contributed by atoms with Crippen molar-refractivity contribution in [2.75, 3.05) is 7.11 Å². The van der Waals surface area contributed by atoms with E-state index in [1.165, 1.54) is 6.07 Å². The molecule has 0 aromatic carbocycles. The first-order valence-electron chi connectivity index (χ1n) is 4.13. The van der Waals surface area contributed by atoms with Gasteiger partial charge in [0.05, 0.1) is 12.8 Å². The van der Waals surface area contributed by atoms with Crippen LogP contribution in [0.25, 0.3) is 0 Å². The number of hydrogen-bond donors (Lipinski definition) is 0. The number of aromatic nitrogens is 1. The molecule has 0 bridgehead atoms. The molecule has 1 heterocycles. The molecular weight excluding hydrogens is 352 g/mol. The van der Waals surface area contributed by atoms with Crippen LogP contribution in [0.1, 0.15) is 28.2 Å². The number of hydrogen-bond acceptors (Lipinski definition) is 3. The Morgan fingerprint density at radius 3 is 2.69 bits per heavy atom. The zero-order valence-corrected chi connectivity index (χ0v) is 11.3. The van der Waals surface area contributed by atoms with Gasteiger partial charge < -0.3 is 4.74 Å². The van der Waals surface area contributed by atoms with Gasteiger partial charge in [-0.25, -0.2) is 18.6 Å². The highest BCUT2D eigenvalue weighted by atomic mass is 79.9. The van der Waals surface area contributed by atoms with Crippen molar-refractivity contribution in [1.82, 2.24) is 4.98 Å². The second-order valence-electron chi connectivity index (χ2n) is 2.78. The third-order valence-electron chi connectivity index (χ3n) is 1.79. The standard InChI is InChI=1S/C9H7Br2F2NO2/c1-16-9(15)6-5(11)2-4(3-10)14-7(6)8(12)13/h2,8H,3H2,1H3. The summed E-state index contributed by atoms with van der Waals surface area (Å²) >= 11 is 6.16. The van der Waals surface area contributed by atoms with Gasteiger partial charge in [0.25, 0.3) is 6.43 Å². The highest BCUT2D eigenvalue weighted by Gasteiger charge is 2.24. The molecule has 16 heavy (non-hydrogen) atoms. The number of ether oxygens (including phenoxy) is 1. The highest BCUT2D eigenvalue weighted by Crippen LogP contribution is 2.29. The maximum Gasteiger partial charge on any atom is 0.341 e. The van der Waals surface area contributed by atoms with E-state index in [9.17, 15) is 13.6 Å². The predicted molar refractivity (Wildman–Crippen MR) is 60.9 cm³/mol. The zero-order valence-electron chi connectivity index (χ0n) is 8.14.